The van der Waals surface area contributed by atoms with Gasteiger partial charge in [0, 0.05) is 30.8 Å². The fourth-order valence-corrected chi connectivity index (χ4v) is 5.74. The van der Waals surface area contributed by atoms with E-state index in [9.17, 15) is 0 Å². The summed E-state index contributed by atoms with van der Waals surface area (Å²) in [5.74, 6) is 1.06. The van der Waals surface area contributed by atoms with E-state index in [0.717, 1.165) is 18.2 Å². The lowest BCUT2D eigenvalue weighted by Crippen LogP contribution is -2.46. The molecular formula is C15H26O3SSi. The molecule has 0 N–H and O–H groups in total. The van der Waals surface area contributed by atoms with Gasteiger partial charge in [0.15, 0.2) is 0 Å². The van der Waals surface area contributed by atoms with Crippen LogP contribution in [0.1, 0.15) is 27.2 Å². The highest BCUT2D eigenvalue weighted by Gasteiger charge is 2.39. The molecule has 1 aromatic carbocycles. The third-order valence-corrected chi connectivity index (χ3v) is 6.98. The summed E-state index contributed by atoms with van der Waals surface area (Å²) in [5, 5.41) is 0. The fourth-order valence-electron chi connectivity index (χ4n) is 2.00. The van der Waals surface area contributed by atoms with Gasteiger partial charge in [-0.3, -0.25) is 0 Å². The molecule has 0 aliphatic carbocycles. The first-order chi connectivity index (χ1) is 9.76. The standard InChI is InChI=1S/C15H26O3SSi/c1-4-16-20(17-5-2,18-6-3)14-10-13-19-15-11-8-7-9-12-15/h7-9,11-12H,4-6,10,13-14H2,1-3H3. The van der Waals surface area contributed by atoms with Crippen molar-refractivity contribution in [1.29, 1.82) is 0 Å². The van der Waals surface area contributed by atoms with E-state index in [0.29, 0.717) is 19.8 Å². The molecule has 0 fully saturated rings. The van der Waals surface area contributed by atoms with Crippen LogP contribution in [0.4, 0.5) is 0 Å². The van der Waals surface area contributed by atoms with Gasteiger partial charge in [0.1, 0.15) is 0 Å². The minimum absolute atomic E-state index is 0.651. The Morgan fingerprint density at radius 2 is 1.45 bits per heavy atom. The van der Waals surface area contributed by atoms with Gasteiger partial charge in [-0.1, -0.05) is 18.2 Å². The molecule has 0 heterocycles. The maximum Gasteiger partial charge on any atom is 0.500 e. The zero-order valence-electron chi connectivity index (χ0n) is 12.8. The molecule has 0 bridgehead atoms. The Kier molecular flexibility index (Phi) is 9.21. The summed E-state index contributed by atoms with van der Waals surface area (Å²) in [7, 11) is -2.45. The highest BCUT2D eigenvalue weighted by atomic mass is 32.2. The van der Waals surface area contributed by atoms with Crippen molar-refractivity contribution < 1.29 is 13.3 Å². The summed E-state index contributed by atoms with van der Waals surface area (Å²) in [6.07, 6.45) is 1.05. The molecule has 20 heavy (non-hydrogen) atoms. The zero-order valence-corrected chi connectivity index (χ0v) is 14.6. The molecule has 0 saturated heterocycles. The normalized spacial score (nSPS) is 11.8. The van der Waals surface area contributed by atoms with Crippen LogP contribution in [-0.2, 0) is 13.3 Å². The maximum absolute atomic E-state index is 5.85. The van der Waals surface area contributed by atoms with Gasteiger partial charge in [-0.25, -0.2) is 0 Å². The van der Waals surface area contributed by atoms with Crippen molar-refractivity contribution in [1.82, 2.24) is 0 Å². The second-order valence-electron chi connectivity index (χ2n) is 4.25. The van der Waals surface area contributed by atoms with Gasteiger partial charge in [-0.05, 0) is 45.1 Å². The Hall–Kier alpha value is -0.333. The van der Waals surface area contributed by atoms with E-state index in [4.69, 9.17) is 13.3 Å². The monoisotopic (exact) mass is 314 g/mol. The van der Waals surface area contributed by atoms with Gasteiger partial charge in [-0.15, -0.1) is 11.8 Å². The smallest absolute Gasteiger partial charge is 0.374 e. The lowest BCUT2D eigenvalue weighted by Gasteiger charge is -2.28. The van der Waals surface area contributed by atoms with Crippen LogP contribution >= 0.6 is 11.8 Å². The number of hydrogen-bond acceptors (Lipinski definition) is 4. The summed E-state index contributed by atoms with van der Waals surface area (Å²) in [4.78, 5) is 1.31. The minimum atomic E-state index is -2.45. The van der Waals surface area contributed by atoms with Crippen molar-refractivity contribution in [2.75, 3.05) is 25.6 Å². The molecule has 0 atom stereocenters. The predicted octanol–water partition coefficient (Wildman–Crippen LogP) is 4.22. The van der Waals surface area contributed by atoms with Crippen LogP contribution in [0.2, 0.25) is 6.04 Å². The topological polar surface area (TPSA) is 27.7 Å². The van der Waals surface area contributed by atoms with Crippen LogP contribution in [0, 0.1) is 0 Å². The summed E-state index contributed by atoms with van der Waals surface area (Å²) < 4.78 is 17.5. The van der Waals surface area contributed by atoms with E-state index in [-0.39, 0.29) is 0 Å². The second kappa shape index (κ2) is 10.4. The SMILES string of the molecule is CCO[Si](CCCSc1ccccc1)(OCC)OCC. The Morgan fingerprint density at radius 1 is 0.900 bits per heavy atom. The molecule has 1 rings (SSSR count). The van der Waals surface area contributed by atoms with E-state index in [1.54, 1.807) is 0 Å². The summed E-state index contributed by atoms with van der Waals surface area (Å²) in [6.45, 7) is 7.95. The van der Waals surface area contributed by atoms with E-state index in [1.807, 2.05) is 38.6 Å². The van der Waals surface area contributed by atoms with Crippen molar-refractivity contribution in [3.05, 3.63) is 30.3 Å². The maximum atomic E-state index is 5.85. The molecular weight excluding hydrogens is 288 g/mol. The molecule has 3 nitrogen and oxygen atoms in total. The number of thioether (sulfide) groups is 1. The van der Waals surface area contributed by atoms with Gasteiger partial charge >= 0.3 is 8.80 Å². The molecule has 1 aromatic rings. The first-order valence-corrected chi connectivity index (χ1v) is 10.3. The molecule has 114 valence electrons. The van der Waals surface area contributed by atoms with Crippen LogP contribution in [0.3, 0.4) is 0 Å². The third kappa shape index (κ3) is 6.41. The van der Waals surface area contributed by atoms with E-state index in [2.05, 4.69) is 24.3 Å². The highest BCUT2D eigenvalue weighted by molar-refractivity contribution is 7.99. The van der Waals surface area contributed by atoms with Crippen LogP contribution < -0.4 is 0 Å². The van der Waals surface area contributed by atoms with Crippen LogP contribution in [-0.4, -0.2) is 34.4 Å². The molecule has 0 amide bonds. The third-order valence-electron chi connectivity index (χ3n) is 2.73. The van der Waals surface area contributed by atoms with Gasteiger partial charge in [-0.2, -0.15) is 0 Å². The minimum Gasteiger partial charge on any atom is -0.374 e. The van der Waals surface area contributed by atoms with Gasteiger partial charge in [0.25, 0.3) is 0 Å². The van der Waals surface area contributed by atoms with E-state index < -0.39 is 8.80 Å². The van der Waals surface area contributed by atoms with Crippen molar-refractivity contribution in [2.45, 2.75) is 38.1 Å². The van der Waals surface area contributed by atoms with Gasteiger partial charge < -0.3 is 13.3 Å². The zero-order chi connectivity index (χ0) is 14.7. The fraction of sp³-hybridized carbons (Fsp3) is 0.600. The predicted molar refractivity (Wildman–Crippen MR) is 87.2 cm³/mol. The molecule has 0 unspecified atom stereocenters. The quantitative estimate of drug-likeness (QED) is 0.347. The van der Waals surface area contributed by atoms with Gasteiger partial charge in [0.05, 0.1) is 0 Å². The second-order valence-corrected chi connectivity index (χ2v) is 8.15. The van der Waals surface area contributed by atoms with E-state index >= 15 is 0 Å². The molecule has 0 saturated carbocycles. The van der Waals surface area contributed by atoms with Crippen molar-refractivity contribution in [3.63, 3.8) is 0 Å². The Bertz CT molecular complexity index is 331. The summed E-state index contributed by atoms with van der Waals surface area (Å²) in [6, 6.07) is 11.4. The van der Waals surface area contributed by atoms with Crippen molar-refractivity contribution in [3.8, 4) is 0 Å². The summed E-state index contributed by atoms with van der Waals surface area (Å²) in [5.41, 5.74) is 0. The molecule has 0 aliphatic rings. The molecule has 0 aliphatic heterocycles. The Balaban J connectivity index is 2.40. The Morgan fingerprint density at radius 3 is 1.95 bits per heavy atom. The average molecular weight is 315 g/mol. The first kappa shape index (κ1) is 17.7. The molecule has 0 aromatic heterocycles. The van der Waals surface area contributed by atoms with E-state index in [1.165, 1.54) is 4.90 Å². The van der Waals surface area contributed by atoms with Gasteiger partial charge in [0.2, 0.25) is 0 Å². The molecule has 5 heteroatoms. The lowest BCUT2D eigenvalue weighted by atomic mass is 10.4. The number of hydrogen-bond donors (Lipinski definition) is 0. The summed E-state index contributed by atoms with van der Waals surface area (Å²) >= 11 is 1.87. The molecule has 0 radical (unpaired) electrons. The number of benzene rings is 1. The highest BCUT2D eigenvalue weighted by Crippen LogP contribution is 2.23. The molecule has 0 spiro atoms. The van der Waals surface area contributed by atoms with Crippen LogP contribution in [0.15, 0.2) is 35.2 Å². The Labute approximate surface area is 128 Å². The first-order valence-electron chi connectivity index (χ1n) is 7.36. The lowest BCUT2D eigenvalue weighted by molar-refractivity contribution is 0.0712. The average Bonchev–Trinajstić information content (AvgIpc) is 2.46. The van der Waals surface area contributed by atoms with Crippen LogP contribution in [0.5, 0.6) is 0 Å². The van der Waals surface area contributed by atoms with Crippen molar-refractivity contribution >= 4 is 20.6 Å². The van der Waals surface area contributed by atoms with Crippen molar-refractivity contribution in [2.24, 2.45) is 0 Å². The van der Waals surface area contributed by atoms with Crippen LogP contribution in [0.25, 0.3) is 0 Å². The largest absolute Gasteiger partial charge is 0.500 e. The number of rotatable bonds is 11.